The first-order chi connectivity index (χ1) is 14.6. The largest absolute Gasteiger partial charge is 0.418 e. The fourth-order valence-corrected chi connectivity index (χ4v) is 4.38. The first kappa shape index (κ1) is 22.8. The number of anilines is 1. The molecular formula is C19H17F3N4O3S2. The van der Waals surface area contributed by atoms with E-state index in [0.717, 1.165) is 28.8 Å². The van der Waals surface area contributed by atoms with Crippen LogP contribution in [-0.2, 0) is 22.8 Å². The van der Waals surface area contributed by atoms with Crippen LogP contribution in [-0.4, -0.2) is 45.6 Å². The number of aromatic nitrogens is 2. The van der Waals surface area contributed by atoms with E-state index in [0.29, 0.717) is 15.4 Å². The van der Waals surface area contributed by atoms with Crippen molar-refractivity contribution in [2.45, 2.75) is 11.3 Å². The van der Waals surface area contributed by atoms with Crippen LogP contribution >= 0.6 is 23.1 Å². The molecule has 0 spiro atoms. The average molecular weight is 470 g/mol. The lowest BCUT2D eigenvalue weighted by Crippen LogP contribution is -2.36. The third kappa shape index (κ3) is 5.25. The minimum atomic E-state index is -4.62. The molecule has 2 amide bonds. The molecule has 0 bridgehead atoms. The standard InChI is InChI=1S/C19H17F3N4O3S2/c1-25(9-14(27)23-12-6-4-3-5-11(12)19(20,21)22)15(28)10-31-18-24-13-7-8-30-16(13)17(29)26(18)2/h3-8H,9-10H2,1-2H3,(H,23,27). The molecule has 1 N–H and O–H groups in total. The summed E-state index contributed by atoms with van der Waals surface area (Å²) in [6.07, 6.45) is -4.62. The van der Waals surface area contributed by atoms with Gasteiger partial charge in [0, 0.05) is 14.1 Å². The van der Waals surface area contributed by atoms with Crippen molar-refractivity contribution in [1.82, 2.24) is 14.5 Å². The number of nitrogens with one attached hydrogen (secondary N) is 1. The van der Waals surface area contributed by atoms with Gasteiger partial charge in [-0.05, 0) is 23.6 Å². The van der Waals surface area contributed by atoms with E-state index in [9.17, 15) is 27.6 Å². The van der Waals surface area contributed by atoms with Gasteiger partial charge in [-0.25, -0.2) is 4.98 Å². The van der Waals surface area contributed by atoms with Crippen LogP contribution in [0.25, 0.3) is 10.2 Å². The second kappa shape index (κ2) is 9.10. The van der Waals surface area contributed by atoms with Crippen molar-refractivity contribution in [2.75, 3.05) is 24.7 Å². The topological polar surface area (TPSA) is 84.3 Å². The molecule has 3 aromatic rings. The van der Waals surface area contributed by atoms with Crippen molar-refractivity contribution in [1.29, 1.82) is 0 Å². The fraction of sp³-hybridized carbons (Fsp3) is 0.263. The highest BCUT2D eigenvalue weighted by molar-refractivity contribution is 7.99. The summed E-state index contributed by atoms with van der Waals surface area (Å²) in [5.74, 6) is -1.30. The normalized spacial score (nSPS) is 11.5. The Hall–Kier alpha value is -2.86. The number of likely N-dealkylation sites (N-methyl/N-ethyl adjacent to an activating group) is 1. The van der Waals surface area contributed by atoms with Gasteiger partial charge in [0.2, 0.25) is 11.8 Å². The lowest BCUT2D eigenvalue weighted by molar-refractivity contribution is -0.137. The summed E-state index contributed by atoms with van der Waals surface area (Å²) in [4.78, 5) is 42.3. The number of alkyl halides is 3. The number of carbonyl (C=O) groups is 2. The summed E-state index contributed by atoms with van der Waals surface area (Å²) in [6.45, 7) is -0.429. The summed E-state index contributed by atoms with van der Waals surface area (Å²) >= 11 is 2.32. The predicted octanol–water partition coefficient (Wildman–Crippen LogP) is 3.20. The maximum absolute atomic E-state index is 13.0. The Morgan fingerprint density at radius 3 is 2.68 bits per heavy atom. The molecule has 164 valence electrons. The van der Waals surface area contributed by atoms with E-state index in [-0.39, 0.29) is 17.0 Å². The lowest BCUT2D eigenvalue weighted by atomic mass is 10.1. The number of thioether (sulfide) groups is 1. The molecule has 2 aromatic heterocycles. The van der Waals surface area contributed by atoms with Crippen LogP contribution in [0.4, 0.5) is 18.9 Å². The zero-order valence-corrected chi connectivity index (χ0v) is 18.0. The SMILES string of the molecule is CN(CC(=O)Nc1ccccc1C(F)(F)F)C(=O)CSc1nc2ccsc2c(=O)n1C. The Labute approximate surface area is 182 Å². The smallest absolute Gasteiger partial charge is 0.336 e. The quantitative estimate of drug-likeness (QED) is 0.442. The molecule has 0 aliphatic rings. The van der Waals surface area contributed by atoms with Crippen molar-refractivity contribution in [3.05, 3.63) is 51.6 Å². The zero-order chi connectivity index (χ0) is 22.8. The number of benzene rings is 1. The van der Waals surface area contributed by atoms with E-state index in [1.807, 2.05) is 0 Å². The Kier molecular flexibility index (Phi) is 6.70. The molecule has 7 nitrogen and oxygen atoms in total. The maximum atomic E-state index is 13.0. The molecular weight excluding hydrogens is 453 g/mol. The van der Waals surface area contributed by atoms with Gasteiger partial charge in [-0.1, -0.05) is 23.9 Å². The van der Waals surface area contributed by atoms with E-state index >= 15 is 0 Å². The first-order valence-electron chi connectivity index (χ1n) is 8.85. The van der Waals surface area contributed by atoms with Crippen molar-refractivity contribution in [2.24, 2.45) is 7.05 Å². The van der Waals surface area contributed by atoms with Gasteiger partial charge in [0.15, 0.2) is 5.16 Å². The number of rotatable bonds is 6. The molecule has 0 aliphatic heterocycles. The highest BCUT2D eigenvalue weighted by Crippen LogP contribution is 2.34. The van der Waals surface area contributed by atoms with Gasteiger partial charge >= 0.3 is 6.18 Å². The van der Waals surface area contributed by atoms with Gasteiger partial charge in [0.1, 0.15) is 4.70 Å². The van der Waals surface area contributed by atoms with E-state index in [2.05, 4.69) is 10.3 Å². The van der Waals surface area contributed by atoms with Gasteiger partial charge in [0.25, 0.3) is 5.56 Å². The molecule has 0 saturated heterocycles. The number of hydrogen-bond acceptors (Lipinski definition) is 6. The van der Waals surface area contributed by atoms with E-state index in [4.69, 9.17) is 0 Å². The number of para-hydroxylation sites is 1. The molecule has 0 fully saturated rings. The lowest BCUT2D eigenvalue weighted by Gasteiger charge is -2.18. The third-order valence-corrected chi connectivity index (χ3v) is 6.19. The predicted molar refractivity (Wildman–Crippen MR) is 113 cm³/mol. The van der Waals surface area contributed by atoms with E-state index < -0.39 is 30.1 Å². The van der Waals surface area contributed by atoms with E-state index in [1.54, 1.807) is 18.5 Å². The van der Waals surface area contributed by atoms with Crippen molar-refractivity contribution >= 4 is 50.8 Å². The van der Waals surface area contributed by atoms with Crippen molar-refractivity contribution in [3.63, 3.8) is 0 Å². The Balaban J connectivity index is 1.61. The van der Waals surface area contributed by atoms with Gasteiger partial charge in [0.05, 0.1) is 29.1 Å². The molecule has 1 aromatic carbocycles. The van der Waals surface area contributed by atoms with Crippen molar-refractivity contribution < 1.29 is 22.8 Å². The van der Waals surface area contributed by atoms with Crippen LogP contribution in [0, 0.1) is 0 Å². The van der Waals surface area contributed by atoms with Gasteiger partial charge in [-0.3, -0.25) is 19.0 Å². The van der Waals surface area contributed by atoms with Crippen LogP contribution in [0.1, 0.15) is 5.56 Å². The highest BCUT2D eigenvalue weighted by Gasteiger charge is 2.33. The summed E-state index contributed by atoms with van der Waals surface area (Å²) in [7, 11) is 2.92. The van der Waals surface area contributed by atoms with Crippen LogP contribution in [0.5, 0.6) is 0 Å². The first-order valence-corrected chi connectivity index (χ1v) is 10.7. The molecule has 3 rings (SSSR count). The number of nitrogens with zero attached hydrogens (tertiary/aromatic N) is 3. The number of amides is 2. The highest BCUT2D eigenvalue weighted by atomic mass is 32.2. The fourth-order valence-electron chi connectivity index (χ4n) is 2.67. The van der Waals surface area contributed by atoms with E-state index in [1.165, 1.54) is 35.1 Å². The molecule has 0 aliphatic carbocycles. The number of halogens is 3. The Morgan fingerprint density at radius 1 is 1.26 bits per heavy atom. The number of thiophene rings is 1. The summed E-state index contributed by atoms with van der Waals surface area (Å²) in [6, 6.07) is 6.31. The molecule has 0 radical (unpaired) electrons. The van der Waals surface area contributed by atoms with Crippen LogP contribution < -0.4 is 10.9 Å². The molecule has 31 heavy (non-hydrogen) atoms. The number of fused-ring (bicyclic) bond motifs is 1. The van der Waals surface area contributed by atoms with Gasteiger partial charge < -0.3 is 10.2 Å². The monoisotopic (exact) mass is 470 g/mol. The molecule has 0 saturated carbocycles. The minimum absolute atomic E-state index is 0.0984. The van der Waals surface area contributed by atoms with Crippen LogP contribution in [0.15, 0.2) is 45.7 Å². The Morgan fingerprint density at radius 2 is 1.97 bits per heavy atom. The maximum Gasteiger partial charge on any atom is 0.418 e. The van der Waals surface area contributed by atoms with Crippen LogP contribution in [0.3, 0.4) is 0 Å². The minimum Gasteiger partial charge on any atom is -0.336 e. The second-order valence-electron chi connectivity index (χ2n) is 6.52. The molecule has 12 heteroatoms. The average Bonchev–Trinajstić information content (AvgIpc) is 3.17. The van der Waals surface area contributed by atoms with Gasteiger partial charge in [-0.2, -0.15) is 13.2 Å². The summed E-state index contributed by atoms with van der Waals surface area (Å²) in [5, 5.41) is 4.29. The molecule has 2 heterocycles. The van der Waals surface area contributed by atoms with Crippen molar-refractivity contribution in [3.8, 4) is 0 Å². The number of carbonyl (C=O) groups excluding carboxylic acids is 2. The summed E-state index contributed by atoms with van der Waals surface area (Å²) in [5.41, 5.74) is -1.02. The van der Waals surface area contributed by atoms with Gasteiger partial charge in [-0.15, -0.1) is 11.3 Å². The zero-order valence-electron chi connectivity index (χ0n) is 16.4. The number of hydrogen-bond donors (Lipinski definition) is 1. The molecule has 0 unspecified atom stereocenters. The van der Waals surface area contributed by atoms with Crippen LogP contribution in [0.2, 0.25) is 0 Å². The second-order valence-corrected chi connectivity index (χ2v) is 8.38. The third-order valence-electron chi connectivity index (χ3n) is 4.28. The Bertz CT molecular complexity index is 1190. The summed E-state index contributed by atoms with van der Waals surface area (Å²) < 4.78 is 41.0. The molecule has 0 atom stereocenters.